The third-order valence-electron chi connectivity index (χ3n) is 2.66. The van der Waals surface area contributed by atoms with Crippen LogP contribution in [0.4, 0.5) is 14.5 Å². The van der Waals surface area contributed by atoms with Crippen LogP contribution in [0.2, 0.25) is 0 Å². The number of rotatable bonds is 4. The van der Waals surface area contributed by atoms with E-state index in [4.69, 9.17) is 10.8 Å². The Morgan fingerprint density at radius 2 is 1.90 bits per heavy atom. The van der Waals surface area contributed by atoms with E-state index in [1.165, 1.54) is 36.0 Å². The maximum absolute atomic E-state index is 13.6. The van der Waals surface area contributed by atoms with Crippen LogP contribution in [0.15, 0.2) is 41.3 Å². The molecule has 0 bridgehead atoms. The van der Waals surface area contributed by atoms with Crippen LogP contribution in [0.25, 0.3) is 0 Å². The number of hydrogen-bond acceptors (Lipinski definition) is 3. The second kappa shape index (κ2) is 5.92. The van der Waals surface area contributed by atoms with Gasteiger partial charge in [0.05, 0.1) is 11.3 Å². The summed E-state index contributed by atoms with van der Waals surface area (Å²) in [6, 6.07) is 7.92. The molecular formula is C14H11F2NO2S. The van der Waals surface area contributed by atoms with Gasteiger partial charge in [-0.2, -0.15) is 0 Å². The van der Waals surface area contributed by atoms with Crippen molar-refractivity contribution >= 4 is 23.4 Å². The van der Waals surface area contributed by atoms with Gasteiger partial charge in [-0.3, -0.25) is 0 Å². The Bertz CT molecular complexity index is 662. The lowest BCUT2D eigenvalue weighted by atomic mass is 10.1. The zero-order chi connectivity index (χ0) is 14.7. The van der Waals surface area contributed by atoms with Crippen molar-refractivity contribution in [3.8, 4) is 0 Å². The van der Waals surface area contributed by atoms with Crippen LogP contribution in [0.3, 0.4) is 0 Å². The van der Waals surface area contributed by atoms with Gasteiger partial charge in [0.25, 0.3) is 0 Å². The normalized spacial score (nSPS) is 10.5. The highest BCUT2D eigenvalue weighted by atomic mass is 32.2. The molecule has 104 valence electrons. The SMILES string of the molecule is Nc1ccc(SCc2cc(C(=O)O)ccc2F)cc1F. The van der Waals surface area contributed by atoms with Crippen molar-refractivity contribution in [2.75, 3.05) is 5.73 Å². The summed E-state index contributed by atoms with van der Waals surface area (Å²) in [5, 5.41) is 8.86. The lowest BCUT2D eigenvalue weighted by Crippen LogP contribution is -1.99. The molecule has 0 saturated carbocycles. The topological polar surface area (TPSA) is 63.3 Å². The van der Waals surface area contributed by atoms with Crippen molar-refractivity contribution in [3.63, 3.8) is 0 Å². The summed E-state index contributed by atoms with van der Waals surface area (Å²) in [4.78, 5) is 11.4. The van der Waals surface area contributed by atoms with Gasteiger partial charge in [-0.1, -0.05) is 0 Å². The molecule has 0 saturated heterocycles. The Hall–Kier alpha value is -2.08. The smallest absolute Gasteiger partial charge is 0.335 e. The van der Waals surface area contributed by atoms with E-state index in [1.54, 1.807) is 6.07 Å². The van der Waals surface area contributed by atoms with E-state index in [9.17, 15) is 13.6 Å². The van der Waals surface area contributed by atoms with Crippen LogP contribution in [0.1, 0.15) is 15.9 Å². The van der Waals surface area contributed by atoms with Crippen molar-refractivity contribution in [3.05, 3.63) is 59.2 Å². The van der Waals surface area contributed by atoms with E-state index >= 15 is 0 Å². The molecule has 6 heteroatoms. The first-order chi connectivity index (χ1) is 9.47. The monoisotopic (exact) mass is 295 g/mol. The molecule has 0 aliphatic rings. The van der Waals surface area contributed by atoms with E-state index in [0.29, 0.717) is 4.90 Å². The molecule has 0 fully saturated rings. The lowest BCUT2D eigenvalue weighted by Gasteiger charge is -2.06. The molecule has 0 radical (unpaired) electrons. The van der Waals surface area contributed by atoms with E-state index < -0.39 is 17.6 Å². The van der Waals surface area contributed by atoms with Gasteiger partial charge < -0.3 is 10.8 Å². The Morgan fingerprint density at radius 1 is 1.15 bits per heavy atom. The summed E-state index contributed by atoms with van der Waals surface area (Å²) in [5.41, 5.74) is 5.69. The van der Waals surface area contributed by atoms with Crippen LogP contribution >= 0.6 is 11.8 Å². The van der Waals surface area contributed by atoms with Gasteiger partial charge in [-0.05, 0) is 42.0 Å². The van der Waals surface area contributed by atoms with Gasteiger partial charge in [0.15, 0.2) is 0 Å². The van der Waals surface area contributed by atoms with Crippen molar-refractivity contribution in [2.24, 2.45) is 0 Å². The number of nitrogens with two attached hydrogens (primary N) is 1. The van der Waals surface area contributed by atoms with Crippen LogP contribution in [0, 0.1) is 11.6 Å². The third kappa shape index (κ3) is 3.27. The standard InChI is InChI=1S/C14H11F2NO2S/c15-11-3-1-8(14(18)19)5-9(11)7-20-10-2-4-13(17)12(16)6-10/h1-6H,7,17H2,(H,18,19). The number of carboxylic acids is 1. The molecule has 2 rings (SSSR count). The average Bonchev–Trinajstić information content (AvgIpc) is 2.41. The quantitative estimate of drug-likeness (QED) is 0.669. The van der Waals surface area contributed by atoms with Crippen molar-refractivity contribution in [1.82, 2.24) is 0 Å². The number of halogens is 2. The van der Waals surface area contributed by atoms with Gasteiger partial charge in [0.1, 0.15) is 11.6 Å². The first-order valence-electron chi connectivity index (χ1n) is 5.67. The van der Waals surface area contributed by atoms with Gasteiger partial charge >= 0.3 is 5.97 Å². The van der Waals surface area contributed by atoms with Gasteiger partial charge in [0, 0.05) is 10.6 Å². The van der Waals surface area contributed by atoms with E-state index in [-0.39, 0.29) is 22.6 Å². The van der Waals surface area contributed by atoms with Crippen molar-refractivity contribution < 1.29 is 18.7 Å². The molecule has 0 atom stereocenters. The molecule has 0 aliphatic heterocycles. The summed E-state index contributed by atoms with van der Waals surface area (Å²) in [6.07, 6.45) is 0. The van der Waals surface area contributed by atoms with Crippen molar-refractivity contribution in [1.29, 1.82) is 0 Å². The number of nitrogen functional groups attached to an aromatic ring is 1. The van der Waals surface area contributed by atoms with Crippen molar-refractivity contribution in [2.45, 2.75) is 10.6 Å². The third-order valence-corrected chi connectivity index (χ3v) is 3.70. The number of benzene rings is 2. The first-order valence-corrected chi connectivity index (χ1v) is 6.65. The largest absolute Gasteiger partial charge is 0.478 e. The molecule has 0 spiro atoms. The maximum atomic E-state index is 13.6. The molecule has 3 N–H and O–H groups in total. The molecule has 0 unspecified atom stereocenters. The van der Waals surface area contributed by atoms with Gasteiger partial charge in [0.2, 0.25) is 0 Å². The Labute approximate surface area is 118 Å². The molecule has 2 aromatic rings. The summed E-state index contributed by atoms with van der Waals surface area (Å²) in [7, 11) is 0. The Balaban J connectivity index is 2.15. The molecule has 0 heterocycles. The summed E-state index contributed by atoms with van der Waals surface area (Å²) in [5.74, 6) is -1.93. The van der Waals surface area contributed by atoms with E-state index in [1.807, 2.05) is 0 Å². The highest BCUT2D eigenvalue weighted by Gasteiger charge is 2.09. The van der Waals surface area contributed by atoms with Crippen LogP contribution < -0.4 is 5.73 Å². The Kier molecular flexibility index (Phi) is 4.24. The minimum absolute atomic E-state index is 0.0190. The fourth-order valence-electron chi connectivity index (χ4n) is 1.58. The van der Waals surface area contributed by atoms with E-state index in [2.05, 4.69) is 0 Å². The first kappa shape index (κ1) is 14.3. The molecule has 0 aliphatic carbocycles. The lowest BCUT2D eigenvalue weighted by molar-refractivity contribution is 0.0696. The predicted octanol–water partition coefficient (Wildman–Crippen LogP) is 3.54. The number of aromatic carboxylic acids is 1. The molecule has 0 aromatic heterocycles. The predicted molar refractivity (Wildman–Crippen MR) is 73.7 cm³/mol. The molecular weight excluding hydrogens is 284 g/mol. The average molecular weight is 295 g/mol. The van der Waals surface area contributed by atoms with Gasteiger partial charge in [-0.15, -0.1) is 11.8 Å². The van der Waals surface area contributed by atoms with Gasteiger partial charge in [-0.25, -0.2) is 13.6 Å². The minimum atomic E-state index is -1.12. The number of hydrogen-bond donors (Lipinski definition) is 2. The molecule has 2 aromatic carbocycles. The fourth-order valence-corrected chi connectivity index (χ4v) is 2.47. The van der Waals surface area contributed by atoms with E-state index in [0.717, 1.165) is 6.07 Å². The number of carboxylic acid groups (broad SMARTS) is 1. The number of thioether (sulfide) groups is 1. The zero-order valence-electron chi connectivity index (χ0n) is 10.3. The van der Waals surface area contributed by atoms with Crippen LogP contribution in [0.5, 0.6) is 0 Å². The summed E-state index contributed by atoms with van der Waals surface area (Å²) >= 11 is 1.20. The maximum Gasteiger partial charge on any atom is 0.335 e. The minimum Gasteiger partial charge on any atom is -0.478 e. The molecule has 0 amide bonds. The summed E-state index contributed by atoms with van der Waals surface area (Å²) < 4.78 is 26.8. The molecule has 3 nitrogen and oxygen atoms in total. The zero-order valence-corrected chi connectivity index (χ0v) is 11.1. The fraction of sp³-hybridized carbons (Fsp3) is 0.0714. The molecule has 20 heavy (non-hydrogen) atoms. The highest BCUT2D eigenvalue weighted by molar-refractivity contribution is 7.98. The number of anilines is 1. The van der Waals surface area contributed by atoms with Crippen LogP contribution in [-0.4, -0.2) is 11.1 Å². The highest BCUT2D eigenvalue weighted by Crippen LogP contribution is 2.26. The Morgan fingerprint density at radius 3 is 2.55 bits per heavy atom. The summed E-state index contributed by atoms with van der Waals surface area (Å²) in [6.45, 7) is 0. The second-order valence-corrected chi connectivity index (χ2v) is 5.13. The number of carbonyl (C=O) groups is 1. The van der Waals surface area contributed by atoms with Crippen LogP contribution in [-0.2, 0) is 5.75 Å². The second-order valence-electron chi connectivity index (χ2n) is 4.08.